The molecule has 3 heterocycles. The standard InChI is InChI=1S/C27H22ClN5O2S/c1-3-32-26(34)23(36-27(32)30-22-10-7-15-29-25(22)28)16-19-17-33(20-8-5-4-6-9-20)31-24(19)18-11-13-21(35-2)14-12-18/h4-17H,3H2,1-2H3/b23-16-,30-27?. The number of ether oxygens (including phenoxy) is 1. The summed E-state index contributed by atoms with van der Waals surface area (Å²) in [6.07, 6.45) is 5.40. The van der Waals surface area contributed by atoms with Crippen LogP contribution in [0.3, 0.4) is 0 Å². The molecule has 9 heteroatoms. The number of para-hydroxylation sites is 1. The minimum absolute atomic E-state index is 0.116. The zero-order valence-electron chi connectivity index (χ0n) is 19.6. The van der Waals surface area contributed by atoms with Crippen LogP contribution in [0.5, 0.6) is 5.75 Å². The highest BCUT2D eigenvalue weighted by Gasteiger charge is 2.33. The largest absolute Gasteiger partial charge is 0.497 e. The number of amides is 1. The molecular formula is C27H22ClN5O2S. The molecule has 5 rings (SSSR count). The Hall–Kier alpha value is -3.88. The van der Waals surface area contributed by atoms with Gasteiger partial charge in [-0.2, -0.15) is 5.10 Å². The van der Waals surface area contributed by atoms with Gasteiger partial charge in [-0.05, 0) is 73.3 Å². The van der Waals surface area contributed by atoms with Crippen LogP contribution in [0.15, 0.2) is 89.0 Å². The fourth-order valence-electron chi connectivity index (χ4n) is 3.75. The van der Waals surface area contributed by atoms with Crippen molar-refractivity contribution in [1.29, 1.82) is 0 Å². The third-order valence-corrected chi connectivity index (χ3v) is 6.87. The van der Waals surface area contributed by atoms with Crippen molar-refractivity contribution in [2.45, 2.75) is 6.92 Å². The summed E-state index contributed by atoms with van der Waals surface area (Å²) >= 11 is 7.51. The van der Waals surface area contributed by atoms with Crippen molar-refractivity contribution >= 4 is 46.2 Å². The number of rotatable bonds is 6. The minimum Gasteiger partial charge on any atom is -0.497 e. The van der Waals surface area contributed by atoms with E-state index >= 15 is 0 Å². The van der Waals surface area contributed by atoms with Crippen molar-refractivity contribution in [2.75, 3.05) is 13.7 Å². The average Bonchev–Trinajstić information content (AvgIpc) is 3.46. The van der Waals surface area contributed by atoms with Gasteiger partial charge in [0.05, 0.1) is 23.4 Å². The van der Waals surface area contributed by atoms with Crippen molar-refractivity contribution in [1.82, 2.24) is 19.7 Å². The molecule has 4 aromatic rings. The highest BCUT2D eigenvalue weighted by Crippen LogP contribution is 2.37. The summed E-state index contributed by atoms with van der Waals surface area (Å²) in [5.41, 5.74) is 3.93. The van der Waals surface area contributed by atoms with Crippen LogP contribution in [0.1, 0.15) is 12.5 Å². The second-order valence-corrected chi connectivity index (χ2v) is 9.18. The molecule has 0 saturated carbocycles. The number of aromatic nitrogens is 3. The van der Waals surface area contributed by atoms with E-state index in [9.17, 15) is 4.79 Å². The quantitative estimate of drug-likeness (QED) is 0.225. The number of carbonyl (C=O) groups excluding carboxylic acids is 1. The molecule has 0 N–H and O–H groups in total. The number of pyridine rings is 1. The number of carbonyl (C=O) groups is 1. The van der Waals surface area contributed by atoms with Crippen LogP contribution >= 0.6 is 23.4 Å². The Morgan fingerprint density at radius 2 is 1.86 bits per heavy atom. The van der Waals surface area contributed by atoms with E-state index in [0.29, 0.717) is 22.3 Å². The number of likely N-dealkylation sites (N-methyl/N-ethyl adjacent to an activating group) is 1. The molecule has 7 nitrogen and oxygen atoms in total. The van der Waals surface area contributed by atoms with Crippen molar-refractivity contribution in [3.05, 3.63) is 94.7 Å². The predicted molar refractivity (Wildman–Crippen MR) is 145 cm³/mol. The van der Waals surface area contributed by atoms with Crippen molar-refractivity contribution < 1.29 is 9.53 Å². The third-order valence-electron chi connectivity index (χ3n) is 5.57. The van der Waals surface area contributed by atoms with Crippen LogP contribution in [0.2, 0.25) is 5.15 Å². The van der Waals surface area contributed by atoms with Gasteiger partial charge in [-0.3, -0.25) is 9.69 Å². The Balaban J connectivity index is 1.58. The summed E-state index contributed by atoms with van der Waals surface area (Å²) in [7, 11) is 1.63. The molecule has 2 aromatic carbocycles. The van der Waals surface area contributed by atoms with E-state index in [1.807, 2.05) is 78.5 Å². The summed E-state index contributed by atoms with van der Waals surface area (Å²) in [4.78, 5) is 24.2. The van der Waals surface area contributed by atoms with E-state index in [2.05, 4.69) is 9.98 Å². The molecule has 1 aliphatic rings. The number of halogens is 1. The van der Waals surface area contributed by atoms with Gasteiger partial charge in [-0.1, -0.05) is 29.8 Å². The van der Waals surface area contributed by atoms with Gasteiger partial charge >= 0.3 is 0 Å². The number of nitrogens with zero attached hydrogens (tertiary/aromatic N) is 5. The third kappa shape index (κ3) is 4.78. The SMILES string of the molecule is CCN1C(=O)/C(=C/c2cn(-c3ccccc3)nc2-c2ccc(OC)cc2)SC1=Nc1cccnc1Cl. The number of hydrogen-bond donors (Lipinski definition) is 0. The van der Waals surface area contributed by atoms with E-state index in [1.54, 1.807) is 30.3 Å². The van der Waals surface area contributed by atoms with Gasteiger partial charge in [-0.15, -0.1) is 0 Å². The van der Waals surface area contributed by atoms with Gasteiger partial charge in [0.1, 0.15) is 11.4 Å². The summed E-state index contributed by atoms with van der Waals surface area (Å²) in [5.74, 6) is 0.644. The first-order valence-electron chi connectivity index (χ1n) is 11.3. The van der Waals surface area contributed by atoms with E-state index in [0.717, 1.165) is 28.3 Å². The van der Waals surface area contributed by atoms with E-state index in [-0.39, 0.29) is 11.1 Å². The lowest BCUT2D eigenvalue weighted by molar-refractivity contribution is -0.122. The lowest BCUT2D eigenvalue weighted by Gasteiger charge is -2.12. The monoisotopic (exact) mass is 515 g/mol. The van der Waals surface area contributed by atoms with Crippen LogP contribution in [0.4, 0.5) is 5.69 Å². The topological polar surface area (TPSA) is 72.6 Å². The smallest absolute Gasteiger partial charge is 0.266 e. The molecule has 36 heavy (non-hydrogen) atoms. The van der Waals surface area contributed by atoms with Crippen molar-refractivity contribution in [3.8, 4) is 22.7 Å². The summed E-state index contributed by atoms with van der Waals surface area (Å²) < 4.78 is 7.12. The zero-order valence-corrected chi connectivity index (χ0v) is 21.2. The molecule has 1 aliphatic heterocycles. The van der Waals surface area contributed by atoms with Gasteiger partial charge in [0, 0.05) is 30.1 Å². The van der Waals surface area contributed by atoms with Crippen molar-refractivity contribution in [3.63, 3.8) is 0 Å². The van der Waals surface area contributed by atoms with Crippen LogP contribution in [-0.4, -0.2) is 44.4 Å². The Labute approximate surface area is 218 Å². The first-order chi connectivity index (χ1) is 17.6. The molecule has 1 fully saturated rings. The summed E-state index contributed by atoms with van der Waals surface area (Å²) in [6, 6.07) is 21.1. The highest BCUT2D eigenvalue weighted by molar-refractivity contribution is 8.18. The summed E-state index contributed by atoms with van der Waals surface area (Å²) in [6.45, 7) is 2.40. The van der Waals surface area contributed by atoms with Gasteiger partial charge in [0.2, 0.25) is 0 Å². The first-order valence-corrected chi connectivity index (χ1v) is 12.5. The van der Waals surface area contributed by atoms with Crippen LogP contribution < -0.4 is 4.74 Å². The van der Waals surface area contributed by atoms with E-state index in [4.69, 9.17) is 21.4 Å². The molecular weight excluding hydrogens is 494 g/mol. The van der Waals surface area contributed by atoms with Crippen LogP contribution in [0, 0.1) is 0 Å². The maximum atomic E-state index is 13.3. The number of benzene rings is 2. The Morgan fingerprint density at radius 1 is 1.08 bits per heavy atom. The lowest BCUT2D eigenvalue weighted by atomic mass is 10.1. The molecule has 0 atom stereocenters. The molecule has 0 aliphatic carbocycles. The van der Waals surface area contributed by atoms with Crippen LogP contribution in [-0.2, 0) is 4.79 Å². The fourth-order valence-corrected chi connectivity index (χ4v) is 4.96. The van der Waals surface area contributed by atoms with Gasteiger partial charge in [-0.25, -0.2) is 14.7 Å². The molecule has 1 saturated heterocycles. The van der Waals surface area contributed by atoms with Gasteiger partial charge < -0.3 is 4.74 Å². The first kappa shape index (κ1) is 23.8. The number of amidine groups is 1. The minimum atomic E-state index is -0.116. The molecule has 1 amide bonds. The van der Waals surface area contributed by atoms with Crippen LogP contribution in [0.25, 0.3) is 23.0 Å². The second kappa shape index (κ2) is 10.4. The lowest BCUT2D eigenvalue weighted by Crippen LogP contribution is -2.28. The number of thioether (sulfide) groups is 1. The average molecular weight is 516 g/mol. The zero-order chi connectivity index (χ0) is 25.1. The molecule has 0 radical (unpaired) electrons. The maximum Gasteiger partial charge on any atom is 0.266 e. The predicted octanol–water partition coefficient (Wildman–Crippen LogP) is 6.22. The second-order valence-electron chi connectivity index (χ2n) is 7.81. The fraction of sp³-hybridized carbons (Fsp3) is 0.111. The highest BCUT2D eigenvalue weighted by atomic mass is 35.5. The van der Waals surface area contributed by atoms with Crippen molar-refractivity contribution in [2.24, 2.45) is 4.99 Å². The number of hydrogen-bond acceptors (Lipinski definition) is 6. The Bertz CT molecular complexity index is 1470. The number of aliphatic imine (C=N–C) groups is 1. The van der Waals surface area contributed by atoms with Gasteiger partial charge in [0.15, 0.2) is 10.3 Å². The molecule has 0 bridgehead atoms. The molecule has 180 valence electrons. The van der Waals surface area contributed by atoms with E-state index in [1.165, 1.54) is 11.8 Å². The Morgan fingerprint density at radius 3 is 2.56 bits per heavy atom. The maximum absolute atomic E-state index is 13.3. The molecule has 0 spiro atoms. The summed E-state index contributed by atoms with van der Waals surface area (Å²) in [5, 5.41) is 5.70. The molecule has 2 aromatic heterocycles. The normalized spacial score (nSPS) is 15.8. The number of methoxy groups -OCH3 is 1. The Kier molecular flexibility index (Phi) is 6.88. The molecule has 0 unspecified atom stereocenters. The van der Waals surface area contributed by atoms with E-state index < -0.39 is 0 Å². The van der Waals surface area contributed by atoms with Gasteiger partial charge in [0.25, 0.3) is 5.91 Å².